The minimum atomic E-state index is -0.474. The Morgan fingerprint density at radius 3 is 1.92 bits per heavy atom. The second-order valence-corrected chi connectivity index (χ2v) is 6.59. The summed E-state index contributed by atoms with van der Waals surface area (Å²) in [5.74, 6) is 0. The van der Waals surface area contributed by atoms with Crippen LogP contribution in [0.15, 0.2) is 60.7 Å². The molecule has 128 valence electrons. The fraction of sp³-hybridized carbons (Fsp3) is 0.429. The normalized spacial score (nSPS) is 18.0. The molecule has 2 atom stereocenters. The topological polar surface area (TPSA) is 32.7 Å². The third-order valence-corrected chi connectivity index (χ3v) is 4.91. The van der Waals surface area contributed by atoms with Gasteiger partial charge in [0.1, 0.15) is 6.10 Å². The van der Waals surface area contributed by atoms with E-state index in [0.717, 1.165) is 24.2 Å². The van der Waals surface area contributed by atoms with Gasteiger partial charge in [0.2, 0.25) is 0 Å². The van der Waals surface area contributed by atoms with Crippen LogP contribution in [-0.4, -0.2) is 41.8 Å². The molecule has 0 spiro atoms. The summed E-state index contributed by atoms with van der Waals surface area (Å²) in [6.45, 7) is 4.60. The van der Waals surface area contributed by atoms with Crippen LogP contribution in [-0.2, 0) is 4.74 Å². The van der Waals surface area contributed by atoms with Crippen LogP contribution in [0.5, 0.6) is 0 Å². The second-order valence-electron chi connectivity index (χ2n) is 6.59. The average Bonchev–Trinajstić information content (AvgIpc) is 3.17. The first-order valence-electron chi connectivity index (χ1n) is 8.89. The van der Waals surface area contributed by atoms with E-state index in [1.54, 1.807) is 0 Å². The van der Waals surface area contributed by atoms with Crippen LogP contribution in [0.25, 0.3) is 0 Å². The highest BCUT2D eigenvalue weighted by atomic mass is 16.5. The van der Waals surface area contributed by atoms with Crippen LogP contribution in [0.4, 0.5) is 0 Å². The number of nitrogens with zero attached hydrogens (tertiary/aromatic N) is 1. The molecule has 1 aliphatic rings. The first-order chi connectivity index (χ1) is 11.8. The predicted octanol–water partition coefficient (Wildman–Crippen LogP) is 3.64. The monoisotopic (exact) mass is 325 g/mol. The van der Waals surface area contributed by atoms with Gasteiger partial charge in [0, 0.05) is 6.04 Å². The molecule has 2 aromatic carbocycles. The highest BCUT2D eigenvalue weighted by Gasteiger charge is 2.25. The van der Waals surface area contributed by atoms with E-state index in [-0.39, 0.29) is 12.1 Å². The van der Waals surface area contributed by atoms with Gasteiger partial charge in [-0.05, 0) is 44.0 Å². The van der Waals surface area contributed by atoms with Gasteiger partial charge in [0.25, 0.3) is 0 Å². The number of aliphatic hydroxyl groups is 1. The number of likely N-dealkylation sites (tertiary alicyclic amines) is 1. The lowest BCUT2D eigenvalue weighted by atomic mass is 10.0. The molecule has 0 unspecified atom stereocenters. The van der Waals surface area contributed by atoms with Crippen LogP contribution in [0.2, 0.25) is 0 Å². The Kier molecular flexibility index (Phi) is 6.02. The summed E-state index contributed by atoms with van der Waals surface area (Å²) >= 11 is 0. The first kappa shape index (κ1) is 17.2. The van der Waals surface area contributed by atoms with Gasteiger partial charge in [0.15, 0.2) is 0 Å². The van der Waals surface area contributed by atoms with Crippen LogP contribution in [0, 0.1) is 0 Å². The highest BCUT2D eigenvalue weighted by molar-refractivity contribution is 5.29. The number of rotatable bonds is 7. The molecule has 0 radical (unpaired) electrons. The molecule has 3 heteroatoms. The van der Waals surface area contributed by atoms with Crippen molar-refractivity contribution in [1.29, 1.82) is 0 Å². The Labute approximate surface area is 144 Å². The van der Waals surface area contributed by atoms with Gasteiger partial charge < -0.3 is 9.84 Å². The van der Waals surface area contributed by atoms with E-state index in [9.17, 15) is 5.11 Å². The minimum Gasteiger partial charge on any atom is -0.389 e. The summed E-state index contributed by atoms with van der Waals surface area (Å²) < 4.78 is 6.18. The first-order valence-corrected chi connectivity index (χ1v) is 8.89. The van der Waals surface area contributed by atoms with Crippen molar-refractivity contribution < 1.29 is 9.84 Å². The Morgan fingerprint density at radius 1 is 0.917 bits per heavy atom. The lowest BCUT2D eigenvalue weighted by molar-refractivity contribution is -0.0276. The zero-order valence-electron chi connectivity index (χ0n) is 14.3. The fourth-order valence-electron chi connectivity index (χ4n) is 3.37. The summed E-state index contributed by atoms with van der Waals surface area (Å²) in [6.07, 6.45) is 1.84. The van der Waals surface area contributed by atoms with E-state index in [2.05, 4.69) is 36.1 Å². The van der Waals surface area contributed by atoms with E-state index >= 15 is 0 Å². The Morgan fingerprint density at radius 2 is 1.42 bits per heavy atom. The molecule has 1 aliphatic heterocycles. The summed E-state index contributed by atoms with van der Waals surface area (Å²) in [4.78, 5) is 2.36. The van der Waals surface area contributed by atoms with Crippen molar-refractivity contribution in [2.24, 2.45) is 0 Å². The van der Waals surface area contributed by atoms with Crippen LogP contribution in [0.3, 0.4) is 0 Å². The standard InChI is InChI=1S/C21H27NO2/c1-17(22-14-8-9-15-22)20(23)16-24-21(18-10-4-2-5-11-18)19-12-6-3-7-13-19/h2-7,10-13,17,20-21,23H,8-9,14-16H2,1H3/t17-,20+/m1/s1. The van der Waals surface area contributed by atoms with E-state index < -0.39 is 6.10 Å². The van der Waals surface area contributed by atoms with Crippen LogP contribution < -0.4 is 0 Å². The Hall–Kier alpha value is -1.68. The summed E-state index contributed by atoms with van der Waals surface area (Å²) in [5.41, 5.74) is 2.23. The molecule has 0 aliphatic carbocycles. The lowest BCUT2D eigenvalue weighted by Crippen LogP contribution is -2.42. The third kappa shape index (κ3) is 4.23. The van der Waals surface area contributed by atoms with E-state index in [1.165, 1.54) is 12.8 Å². The summed E-state index contributed by atoms with van der Waals surface area (Å²) in [5, 5.41) is 10.6. The molecular formula is C21H27NO2. The van der Waals surface area contributed by atoms with Gasteiger partial charge >= 0.3 is 0 Å². The second kappa shape index (κ2) is 8.43. The quantitative estimate of drug-likeness (QED) is 0.843. The van der Waals surface area contributed by atoms with E-state index in [0.29, 0.717) is 6.61 Å². The smallest absolute Gasteiger partial charge is 0.108 e. The zero-order valence-corrected chi connectivity index (χ0v) is 14.3. The van der Waals surface area contributed by atoms with E-state index in [1.807, 2.05) is 36.4 Å². The van der Waals surface area contributed by atoms with Crippen molar-refractivity contribution in [3.05, 3.63) is 71.8 Å². The van der Waals surface area contributed by atoms with Crippen molar-refractivity contribution in [2.75, 3.05) is 19.7 Å². The maximum absolute atomic E-state index is 10.6. The molecule has 0 bridgehead atoms. The Bertz CT molecular complexity index is 556. The van der Waals surface area contributed by atoms with Crippen LogP contribution in [0.1, 0.15) is 37.0 Å². The molecular weight excluding hydrogens is 298 g/mol. The Balaban J connectivity index is 1.68. The largest absolute Gasteiger partial charge is 0.389 e. The number of hydrogen-bond acceptors (Lipinski definition) is 3. The minimum absolute atomic E-state index is 0.139. The molecule has 2 aromatic rings. The van der Waals surface area contributed by atoms with Crippen molar-refractivity contribution in [1.82, 2.24) is 4.90 Å². The maximum atomic E-state index is 10.6. The molecule has 1 N–H and O–H groups in total. The molecule has 1 fully saturated rings. The number of ether oxygens (including phenoxy) is 1. The van der Waals surface area contributed by atoms with Gasteiger partial charge in [-0.2, -0.15) is 0 Å². The van der Waals surface area contributed by atoms with Crippen molar-refractivity contribution in [3.8, 4) is 0 Å². The number of benzene rings is 2. The average molecular weight is 325 g/mol. The third-order valence-electron chi connectivity index (χ3n) is 4.91. The summed E-state index contributed by atoms with van der Waals surface area (Å²) in [7, 11) is 0. The SMILES string of the molecule is C[C@H]([C@@H](O)COC(c1ccccc1)c1ccccc1)N1CCCC1. The fourth-order valence-corrected chi connectivity index (χ4v) is 3.37. The molecule has 3 nitrogen and oxygen atoms in total. The number of hydrogen-bond donors (Lipinski definition) is 1. The molecule has 24 heavy (non-hydrogen) atoms. The van der Waals surface area contributed by atoms with Crippen molar-refractivity contribution in [3.63, 3.8) is 0 Å². The maximum Gasteiger partial charge on any atom is 0.108 e. The van der Waals surface area contributed by atoms with Gasteiger partial charge in [-0.1, -0.05) is 60.7 Å². The molecule has 0 amide bonds. The molecule has 3 rings (SSSR count). The molecule has 1 saturated heterocycles. The van der Waals surface area contributed by atoms with Crippen molar-refractivity contribution >= 4 is 0 Å². The van der Waals surface area contributed by atoms with Crippen molar-refractivity contribution in [2.45, 2.75) is 38.0 Å². The van der Waals surface area contributed by atoms with Gasteiger partial charge in [-0.3, -0.25) is 4.90 Å². The van der Waals surface area contributed by atoms with Gasteiger partial charge in [-0.15, -0.1) is 0 Å². The summed E-state index contributed by atoms with van der Waals surface area (Å²) in [6, 6.07) is 20.6. The lowest BCUT2D eigenvalue weighted by Gasteiger charge is -2.29. The highest BCUT2D eigenvalue weighted by Crippen LogP contribution is 2.26. The van der Waals surface area contributed by atoms with Gasteiger partial charge in [0.05, 0.1) is 12.7 Å². The van der Waals surface area contributed by atoms with Gasteiger partial charge in [-0.25, -0.2) is 0 Å². The molecule has 0 aromatic heterocycles. The molecule has 1 heterocycles. The van der Waals surface area contributed by atoms with Crippen LogP contribution >= 0.6 is 0 Å². The predicted molar refractivity (Wildman–Crippen MR) is 97.0 cm³/mol. The zero-order chi connectivity index (χ0) is 16.8. The number of aliphatic hydroxyl groups excluding tert-OH is 1. The van der Waals surface area contributed by atoms with E-state index in [4.69, 9.17) is 4.74 Å². The molecule has 0 saturated carbocycles.